The number of hydrogen-bond acceptors (Lipinski definition) is 8. The lowest BCUT2D eigenvalue weighted by atomic mass is 10.1. The van der Waals surface area contributed by atoms with Gasteiger partial charge in [-0.2, -0.15) is 8.42 Å². The van der Waals surface area contributed by atoms with Gasteiger partial charge in [-0.25, -0.2) is 18.5 Å². The van der Waals surface area contributed by atoms with Gasteiger partial charge in [-0.3, -0.25) is 0 Å². The summed E-state index contributed by atoms with van der Waals surface area (Å²) in [5.74, 6) is -1.30. The minimum absolute atomic E-state index is 0.0171. The quantitative estimate of drug-likeness (QED) is 0.423. The molecule has 0 aliphatic carbocycles. The molecule has 0 saturated carbocycles. The molecule has 0 spiro atoms. The van der Waals surface area contributed by atoms with Crippen LogP contribution in [-0.4, -0.2) is 36.5 Å². The minimum Gasteiger partial charge on any atom is -0.464 e. The molecule has 3 heterocycles. The molecule has 3 aromatic rings. The van der Waals surface area contributed by atoms with Crippen molar-refractivity contribution in [1.29, 1.82) is 0 Å². The number of carbonyl (C=O) groups excluding carboxylic acids is 1. The molecule has 13 heteroatoms. The first kappa shape index (κ1) is 22.0. The van der Waals surface area contributed by atoms with E-state index in [0.29, 0.717) is 19.8 Å². The normalized spacial score (nSPS) is 15.3. The molecule has 2 N–H and O–H groups in total. The second-order valence-corrected chi connectivity index (χ2v) is 9.50. The van der Waals surface area contributed by atoms with Crippen LogP contribution < -0.4 is 5.73 Å². The number of nitrogen functional groups attached to an aromatic ring is 1. The highest BCUT2D eigenvalue weighted by molar-refractivity contribution is 7.88. The molecule has 4 rings (SSSR count). The van der Waals surface area contributed by atoms with Crippen molar-refractivity contribution >= 4 is 50.5 Å². The van der Waals surface area contributed by atoms with Crippen molar-refractivity contribution < 1.29 is 26.8 Å². The van der Waals surface area contributed by atoms with E-state index < -0.39 is 28.5 Å². The Balaban J connectivity index is 1.76. The zero-order valence-corrected chi connectivity index (χ0v) is 18.7. The van der Waals surface area contributed by atoms with Crippen LogP contribution in [0.3, 0.4) is 0 Å². The van der Waals surface area contributed by atoms with E-state index >= 15 is 0 Å². The van der Waals surface area contributed by atoms with E-state index in [9.17, 15) is 17.6 Å². The van der Waals surface area contributed by atoms with E-state index in [0.717, 1.165) is 7.11 Å². The molecule has 166 valence electrons. The van der Waals surface area contributed by atoms with Gasteiger partial charge in [0, 0.05) is 11.3 Å². The van der Waals surface area contributed by atoms with Gasteiger partial charge in [0.05, 0.1) is 40.3 Å². The molecule has 32 heavy (non-hydrogen) atoms. The summed E-state index contributed by atoms with van der Waals surface area (Å²) < 4.78 is 54.9. The molecule has 0 saturated heterocycles. The molecule has 0 unspecified atom stereocenters. The molecule has 9 nitrogen and oxygen atoms in total. The van der Waals surface area contributed by atoms with E-state index in [2.05, 4.69) is 9.38 Å². The number of benzene rings is 1. The smallest absolute Gasteiger partial charge is 0.355 e. The molecular weight excluding hydrogens is 483 g/mol. The van der Waals surface area contributed by atoms with Crippen molar-refractivity contribution in [2.45, 2.75) is 6.54 Å². The summed E-state index contributed by atoms with van der Waals surface area (Å²) in [6, 6.07) is 5.77. The topological polar surface area (TPSA) is 128 Å². The third-order valence-electron chi connectivity index (χ3n) is 4.40. The molecule has 1 aliphatic rings. The number of halogens is 2. The summed E-state index contributed by atoms with van der Waals surface area (Å²) in [5, 5.41) is -0.277. The number of thiophene rings is 1. The maximum Gasteiger partial charge on any atom is 0.355 e. The highest BCUT2D eigenvalue weighted by Crippen LogP contribution is 2.32. The Morgan fingerprint density at radius 3 is 2.78 bits per heavy atom. The van der Waals surface area contributed by atoms with Crippen molar-refractivity contribution in [3.05, 3.63) is 69.9 Å². The number of carbonyl (C=O) groups is 1. The van der Waals surface area contributed by atoms with Gasteiger partial charge < -0.3 is 14.9 Å². The van der Waals surface area contributed by atoms with E-state index in [1.165, 1.54) is 42.1 Å². The van der Waals surface area contributed by atoms with Gasteiger partial charge in [-0.15, -0.1) is 15.7 Å². The van der Waals surface area contributed by atoms with Gasteiger partial charge >= 0.3 is 16.2 Å². The Hall–Kier alpha value is -3.22. The van der Waals surface area contributed by atoms with Crippen LogP contribution in [0.25, 0.3) is 10.6 Å². The number of rotatable bonds is 5. The molecule has 0 atom stereocenters. The van der Waals surface area contributed by atoms with E-state index in [4.69, 9.17) is 26.5 Å². The number of hydrogen-bond donors (Lipinski definition) is 1. The SMILES string of the molecule is COC(=O)C1=CC(c2ccc(-c3cnco3)s2)=NS(=O)(=O)N1Cc1cc(N)cc(Cl)c1F. The second kappa shape index (κ2) is 8.37. The van der Waals surface area contributed by atoms with Crippen molar-refractivity contribution in [2.24, 2.45) is 4.40 Å². The lowest BCUT2D eigenvalue weighted by molar-refractivity contribution is -0.137. The van der Waals surface area contributed by atoms with Gasteiger partial charge in [-0.05, 0) is 30.3 Å². The molecule has 0 bridgehead atoms. The van der Waals surface area contributed by atoms with Crippen LogP contribution >= 0.6 is 22.9 Å². The fourth-order valence-electron chi connectivity index (χ4n) is 2.96. The lowest BCUT2D eigenvalue weighted by Crippen LogP contribution is -2.36. The van der Waals surface area contributed by atoms with Gasteiger partial charge in [-0.1, -0.05) is 11.6 Å². The summed E-state index contributed by atoms with van der Waals surface area (Å²) in [6.45, 7) is -0.565. The highest BCUT2D eigenvalue weighted by atomic mass is 35.5. The van der Waals surface area contributed by atoms with Crippen LogP contribution in [0.2, 0.25) is 5.02 Å². The summed E-state index contributed by atoms with van der Waals surface area (Å²) in [6.07, 6.45) is 4.04. The van der Waals surface area contributed by atoms with Crippen molar-refractivity contribution in [2.75, 3.05) is 12.8 Å². The first-order valence-corrected chi connectivity index (χ1v) is 11.4. The van der Waals surface area contributed by atoms with Crippen LogP contribution in [0.5, 0.6) is 0 Å². The van der Waals surface area contributed by atoms with E-state index in [1.807, 2.05) is 0 Å². The van der Waals surface area contributed by atoms with Crippen LogP contribution in [0.15, 0.2) is 57.4 Å². The first-order chi connectivity index (χ1) is 15.2. The van der Waals surface area contributed by atoms with Gasteiger partial charge in [0.15, 0.2) is 12.2 Å². The third-order valence-corrected chi connectivity index (χ3v) is 7.11. The Bertz CT molecular complexity index is 1370. The minimum atomic E-state index is -4.44. The molecule has 1 aliphatic heterocycles. The maximum atomic E-state index is 14.5. The number of methoxy groups -OCH3 is 1. The van der Waals surface area contributed by atoms with E-state index in [-0.39, 0.29) is 27.7 Å². The van der Waals surface area contributed by atoms with Crippen molar-refractivity contribution in [3.63, 3.8) is 0 Å². The number of nitrogens with two attached hydrogens (primary N) is 1. The third kappa shape index (κ3) is 4.11. The predicted molar refractivity (Wildman–Crippen MR) is 117 cm³/mol. The fraction of sp³-hybridized carbons (Fsp3) is 0.105. The van der Waals surface area contributed by atoms with Crippen LogP contribution in [0.1, 0.15) is 10.4 Å². The fourth-order valence-corrected chi connectivity index (χ4v) is 5.36. The van der Waals surface area contributed by atoms with Gasteiger partial charge in [0.25, 0.3) is 0 Å². The zero-order chi connectivity index (χ0) is 23.0. The average molecular weight is 497 g/mol. The first-order valence-electron chi connectivity index (χ1n) is 8.84. The van der Waals surface area contributed by atoms with E-state index in [1.54, 1.807) is 12.1 Å². The monoisotopic (exact) mass is 496 g/mol. The molecule has 0 amide bonds. The Labute approximate surface area is 190 Å². The Kier molecular flexibility index (Phi) is 5.75. The number of aromatic nitrogens is 1. The van der Waals surface area contributed by atoms with Crippen LogP contribution in [0, 0.1) is 5.82 Å². The number of oxazole rings is 1. The number of anilines is 1. The number of esters is 1. The molecule has 0 fully saturated rings. The average Bonchev–Trinajstić information content (AvgIpc) is 3.43. The van der Waals surface area contributed by atoms with Crippen molar-refractivity contribution in [3.8, 4) is 10.6 Å². The summed E-state index contributed by atoms with van der Waals surface area (Å²) in [5.41, 5.74) is 5.38. The summed E-state index contributed by atoms with van der Waals surface area (Å²) in [4.78, 5) is 17.4. The molecule has 1 aromatic carbocycles. The zero-order valence-electron chi connectivity index (χ0n) is 16.3. The summed E-state index contributed by atoms with van der Waals surface area (Å²) in [7, 11) is -3.34. The highest BCUT2D eigenvalue weighted by Gasteiger charge is 2.35. The Morgan fingerprint density at radius 2 is 2.09 bits per heavy atom. The molecule has 2 aromatic heterocycles. The predicted octanol–water partition coefficient (Wildman–Crippen LogP) is 3.38. The van der Waals surface area contributed by atoms with Crippen LogP contribution in [-0.2, 0) is 26.3 Å². The molecular formula is C19H14ClFN4O5S2. The largest absolute Gasteiger partial charge is 0.464 e. The number of ether oxygens (including phenoxy) is 1. The lowest BCUT2D eigenvalue weighted by Gasteiger charge is -2.26. The maximum absolute atomic E-state index is 14.5. The van der Waals surface area contributed by atoms with Crippen molar-refractivity contribution in [1.82, 2.24) is 9.29 Å². The number of allylic oxidation sites excluding steroid dienone is 1. The standard InChI is InChI=1S/C19H14ClFN4O5S2/c1-29-19(26)14-6-13(16-2-3-17(31-16)15-7-23-9-30-15)24-32(27,28)25(14)8-10-4-11(22)5-12(20)18(10)21/h2-7,9H,8,22H2,1H3. The second-order valence-electron chi connectivity index (χ2n) is 6.49. The van der Waals surface area contributed by atoms with Crippen LogP contribution in [0.4, 0.5) is 10.1 Å². The molecule has 0 radical (unpaired) electrons. The van der Waals surface area contributed by atoms with Gasteiger partial charge in [0.1, 0.15) is 11.5 Å². The number of nitrogens with zero attached hydrogens (tertiary/aromatic N) is 3. The van der Waals surface area contributed by atoms with Gasteiger partial charge in [0.2, 0.25) is 0 Å². The Morgan fingerprint density at radius 1 is 1.34 bits per heavy atom. The summed E-state index contributed by atoms with van der Waals surface area (Å²) >= 11 is 7.01.